The van der Waals surface area contributed by atoms with Crippen molar-refractivity contribution in [2.45, 2.75) is 31.5 Å². The number of aliphatic carboxylic acids is 1. The number of carbonyl (C=O) groups excluding carboxylic acids is 2. The largest absolute Gasteiger partial charge is 0.478 e. The molecule has 0 spiro atoms. The van der Waals surface area contributed by atoms with Crippen LogP contribution in [-0.4, -0.2) is 68.5 Å². The first-order valence-corrected chi connectivity index (χ1v) is 9.86. The van der Waals surface area contributed by atoms with Crippen LogP contribution < -0.4 is 11.1 Å². The van der Waals surface area contributed by atoms with Crippen molar-refractivity contribution in [3.63, 3.8) is 0 Å². The van der Waals surface area contributed by atoms with E-state index in [1.54, 1.807) is 0 Å². The van der Waals surface area contributed by atoms with Gasteiger partial charge in [-0.25, -0.2) is 9.78 Å². The lowest BCUT2D eigenvalue weighted by Crippen LogP contribution is -2.71. The standard InChI is InChI=1S/C14H15N5O8S2/c1-4-7-9(11(21)19(7)29(24,25)26)17-10(20)8(6-5-28-13(15)16-6)18-27-14(2,3)12(22)23/h1,5,7,9H,2-3H3,(H2,15,16)(H,17,20)(H,22,23)(H,24,25,26)/t7-,9+/m1/s1. The fraction of sp³-hybridized carbons (Fsp3) is 0.357. The topological polar surface area (TPSA) is 202 Å². The molecule has 0 bridgehead atoms. The van der Waals surface area contributed by atoms with Gasteiger partial charge in [0.2, 0.25) is 5.60 Å². The van der Waals surface area contributed by atoms with E-state index in [0.717, 1.165) is 11.3 Å². The summed E-state index contributed by atoms with van der Waals surface area (Å²) in [5.41, 5.74) is 3.11. The van der Waals surface area contributed by atoms with E-state index in [1.165, 1.54) is 19.2 Å². The molecule has 2 atom stereocenters. The van der Waals surface area contributed by atoms with Crippen LogP contribution in [0.5, 0.6) is 0 Å². The van der Waals surface area contributed by atoms with Crippen LogP contribution in [0.3, 0.4) is 0 Å². The van der Waals surface area contributed by atoms with E-state index in [-0.39, 0.29) is 15.1 Å². The first-order valence-electron chi connectivity index (χ1n) is 7.58. The minimum absolute atomic E-state index is 0.0274. The van der Waals surface area contributed by atoms with Gasteiger partial charge in [0.15, 0.2) is 10.8 Å². The van der Waals surface area contributed by atoms with Crippen molar-refractivity contribution >= 4 is 50.3 Å². The van der Waals surface area contributed by atoms with Gasteiger partial charge in [0.05, 0.1) is 0 Å². The summed E-state index contributed by atoms with van der Waals surface area (Å²) >= 11 is 0.952. The van der Waals surface area contributed by atoms with Crippen LogP contribution in [0.4, 0.5) is 5.13 Å². The van der Waals surface area contributed by atoms with Crippen LogP contribution >= 0.6 is 11.3 Å². The number of carboxylic acid groups (broad SMARTS) is 1. The number of thiazole rings is 1. The molecule has 0 radical (unpaired) electrons. The van der Waals surface area contributed by atoms with Gasteiger partial charge in [-0.15, -0.1) is 17.8 Å². The Labute approximate surface area is 168 Å². The molecule has 0 aromatic carbocycles. The Morgan fingerprint density at radius 1 is 1.52 bits per heavy atom. The molecule has 0 aliphatic carbocycles. The molecule has 2 heterocycles. The number of nitrogens with zero attached hydrogens (tertiary/aromatic N) is 3. The summed E-state index contributed by atoms with van der Waals surface area (Å²) in [4.78, 5) is 44.5. The van der Waals surface area contributed by atoms with Gasteiger partial charge in [-0.05, 0) is 13.8 Å². The summed E-state index contributed by atoms with van der Waals surface area (Å²) in [5, 5.41) is 16.2. The first-order chi connectivity index (χ1) is 13.3. The molecule has 1 aromatic heterocycles. The van der Waals surface area contributed by atoms with E-state index in [4.69, 9.17) is 26.7 Å². The number of β-lactam (4-membered cyclic amide) rings is 1. The second-order valence-corrected chi connectivity index (χ2v) is 8.27. The molecular weight excluding hydrogens is 430 g/mol. The van der Waals surface area contributed by atoms with Crippen LogP contribution in [0.2, 0.25) is 0 Å². The second-order valence-electron chi connectivity index (χ2n) is 6.09. The predicted molar refractivity (Wildman–Crippen MR) is 98.8 cm³/mol. The van der Waals surface area contributed by atoms with Gasteiger partial charge in [0.1, 0.15) is 17.8 Å². The summed E-state index contributed by atoms with van der Waals surface area (Å²) < 4.78 is 31.4. The number of rotatable bonds is 7. The van der Waals surface area contributed by atoms with E-state index in [9.17, 15) is 22.8 Å². The molecule has 1 saturated heterocycles. The lowest BCUT2D eigenvalue weighted by molar-refractivity contribution is -0.161. The average Bonchev–Trinajstić information content (AvgIpc) is 3.01. The van der Waals surface area contributed by atoms with Crippen LogP contribution in [0.15, 0.2) is 10.5 Å². The van der Waals surface area contributed by atoms with Gasteiger partial charge in [-0.3, -0.25) is 14.1 Å². The number of hydrogen-bond acceptors (Lipinski definition) is 10. The maximum Gasteiger partial charge on any atom is 0.363 e. The molecule has 156 valence electrons. The van der Waals surface area contributed by atoms with Crippen molar-refractivity contribution in [1.82, 2.24) is 14.6 Å². The van der Waals surface area contributed by atoms with Crippen molar-refractivity contribution in [3.8, 4) is 12.3 Å². The van der Waals surface area contributed by atoms with Gasteiger partial charge in [0.25, 0.3) is 11.8 Å². The molecule has 2 amide bonds. The number of terminal acetylenes is 1. The molecule has 1 aliphatic rings. The number of nitrogens with one attached hydrogen (secondary N) is 1. The van der Waals surface area contributed by atoms with Crippen molar-refractivity contribution < 1.29 is 37.3 Å². The summed E-state index contributed by atoms with van der Waals surface area (Å²) in [6.45, 7) is 2.36. The zero-order valence-corrected chi connectivity index (χ0v) is 16.5. The van der Waals surface area contributed by atoms with Crippen LogP contribution in [0.1, 0.15) is 19.5 Å². The molecule has 1 aromatic rings. The summed E-state index contributed by atoms with van der Waals surface area (Å²) in [6, 6.07) is -2.96. The number of carbonyl (C=O) groups is 3. The zero-order chi connectivity index (χ0) is 22.1. The van der Waals surface area contributed by atoms with Crippen LogP contribution in [0.25, 0.3) is 0 Å². The van der Waals surface area contributed by atoms with E-state index >= 15 is 0 Å². The van der Waals surface area contributed by atoms with E-state index in [2.05, 4.69) is 15.5 Å². The first kappa shape index (κ1) is 22.1. The second kappa shape index (κ2) is 7.66. The maximum absolute atomic E-state index is 12.6. The van der Waals surface area contributed by atoms with Crippen molar-refractivity contribution in [2.75, 3.05) is 5.73 Å². The third-order valence-corrected chi connectivity index (χ3v) is 5.20. The molecule has 0 saturated carbocycles. The zero-order valence-electron chi connectivity index (χ0n) is 14.9. The Hall–Kier alpha value is -3.22. The third-order valence-electron chi connectivity index (χ3n) is 3.62. The molecule has 15 heteroatoms. The monoisotopic (exact) mass is 445 g/mol. The van der Waals surface area contributed by atoms with Gasteiger partial charge in [-0.1, -0.05) is 11.1 Å². The molecule has 1 fully saturated rings. The molecular formula is C14H15N5O8S2. The predicted octanol–water partition coefficient (Wildman–Crippen LogP) is -1.56. The highest BCUT2D eigenvalue weighted by Crippen LogP contribution is 2.23. The van der Waals surface area contributed by atoms with Crippen molar-refractivity contribution in [1.29, 1.82) is 0 Å². The highest BCUT2D eigenvalue weighted by atomic mass is 32.2. The number of oxime groups is 1. The Bertz CT molecular complexity index is 1040. The lowest BCUT2D eigenvalue weighted by Gasteiger charge is -2.41. The minimum atomic E-state index is -4.91. The molecule has 1 aliphatic heterocycles. The molecule has 5 N–H and O–H groups in total. The van der Waals surface area contributed by atoms with E-state index in [1.807, 2.05) is 5.92 Å². The number of carboxylic acids is 1. The summed E-state index contributed by atoms with van der Waals surface area (Å²) in [6.07, 6.45) is 5.17. The van der Waals surface area contributed by atoms with Crippen molar-refractivity contribution in [2.24, 2.45) is 5.16 Å². The van der Waals surface area contributed by atoms with Crippen molar-refractivity contribution in [3.05, 3.63) is 11.1 Å². The lowest BCUT2D eigenvalue weighted by atomic mass is 9.99. The third kappa shape index (κ3) is 4.45. The molecule has 2 rings (SSSR count). The van der Waals surface area contributed by atoms with Crippen LogP contribution in [-0.2, 0) is 29.5 Å². The molecule has 0 unspecified atom stereocenters. The van der Waals surface area contributed by atoms with E-state index in [0.29, 0.717) is 0 Å². The molecule has 13 nitrogen and oxygen atoms in total. The Balaban J connectivity index is 2.31. The number of nitrogens with two attached hydrogens (primary N) is 1. The van der Waals surface area contributed by atoms with E-state index < -0.39 is 51.5 Å². The Kier molecular flexibility index (Phi) is 5.83. The SMILES string of the molecule is C#C[C@@H]1[C@H](NC(=O)C(=NOC(C)(C)C(=O)O)c2csc(N)n2)C(=O)N1S(=O)(=O)O. The number of aromatic nitrogens is 1. The van der Waals surface area contributed by atoms with Gasteiger partial charge in [0, 0.05) is 5.38 Å². The summed E-state index contributed by atoms with van der Waals surface area (Å²) in [5.74, 6) is -1.64. The van der Waals surface area contributed by atoms with Gasteiger partial charge >= 0.3 is 16.3 Å². The number of hydrogen-bond donors (Lipinski definition) is 4. The summed E-state index contributed by atoms with van der Waals surface area (Å²) in [7, 11) is -4.91. The fourth-order valence-electron chi connectivity index (χ4n) is 2.03. The average molecular weight is 445 g/mol. The van der Waals surface area contributed by atoms with Gasteiger partial charge in [-0.2, -0.15) is 12.7 Å². The van der Waals surface area contributed by atoms with Crippen LogP contribution in [0, 0.1) is 12.3 Å². The number of nitrogen functional groups attached to an aromatic ring is 1. The molecule has 29 heavy (non-hydrogen) atoms. The normalized spacial score (nSPS) is 19.9. The number of amides is 2. The Morgan fingerprint density at radius 3 is 2.59 bits per heavy atom. The minimum Gasteiger partial charge on any atom is -0.478 e. The highest BCUT2D eigenvalue weighted by Gasteiger charge is 2.53. The smallest absolute Gasteiger partial charge is 0.363 e. The fourth-order valence-corrected chi connectivity index (χ4v) is 3.39. The maximum atomic E-state index is 12.6. The Morgan fingerprint density at radius 2 is 2.14 bits per heavy atom. The number of anilines is 1. The highest BCUT2D eigenvalue weighted by molar-refractivity contribution is 7.84. The van der Waals surface area contributed by atoms with Gasteiger partial charge < -0.3 is 21.0 Å². The quantitative estimate of drug-likeness (QED) is 0.125.